The van der Waals surface area contributed by atoms with Gasteiger partial charge in [-0.3, -0.25) is 4.79 Å². The number of aryl methyl sites for hydroxylation is 3. The lowest BCUT2D eigenvalue weighted by atomic mass is 10.0. The number of rotatable bonds is 24. The monoisotopic (exact) mass is 573 g/mol. The molecule has 1 N–H and O–H groups in total. The smallest absolute Gasteiger partial charge is 0.251 e. The van der Waals surface area contributed by atoms with Crippen molar-refractivity contribution in [1.29, 1.82) is 0 Å². The van der Waals surface area contributed by atoms with Gasteiger partial charge in [-0.05, 0) is 50.5 Å². The molecular formula is C38H59N3O. The first-order valence-corrected chi connectivity index (χ1v) is 17.5. The standard InChI is InChI=1S/C38H59N3O/c1-3-4-5-6-7-8-9-10-11-12-13-14-15-16-17-23-31-41-36-28-21-20-27-35(36)40-37(41)29-19-18-22-30-39-38(42)34-26-24-25-33(2)32-34/h20-21,24-28,32H,3-19,22-23,29-31H2,1-2H3,(H,39,42). The summed E-state index contributed by atoms with van der Waals surface area (Å²) in [6, 6.07) is 16.4. The molecule has 0 bridgehead atoms. The maximum atomic E-state index is 12.4. The summed E-state index contributed by atoms with van der Waals surface area (Å²) in [4.78, 5) is 17.4. The van der Waals surface area contributed by atoms with E-state index in [4.69, 9.17) is 4.98 Å². The first kappa shape index (κ1) is 33.9. The molecule has 0 fully saturated rings. The third kappa shape index (κ3) is 13.1. The van der Waals surface area contributed by atoms with Gasteiger partial charge in [-0.2, -0.15) is 0 Å². The van der Waals surface area contributed by atoms with Gasteiger partial charge >= 0.3 is 0 Å². The van der Waals surface area contributed by atoms with Crippen LogP contribution in [-0.2, 0) is 13.0 Å². The van der Waals surface area contributed by atoms with Crippen molar-refractivity contribution < 1.29 is 4.79 Å². The summed E-state index contributed by atoms with van der Waals surface area (Å²) in [5.41, 5.74) is 4.26. The minimum absolute atomic E-state index is 0.0271. The van der Waals surface area contributed by atoms with Gasteiger partial charge in [0.25, 0.3) is 5.91 Å². The van der Waals surface area contributed by atoms with Crippen LogP contribution in [0.5, 0.6) is 0 Å². The summed E-state index contributed by atoms with van der Waals surface area (Å²) < 4.78 is 2.47. The fourth-order valence-corrected chi connectivity index (χ4v) is 6.06. The van der Waals surface area contributed by atoms with Gasteiger partial charge in [0.2, 0.25) is 0 Å². The lowest BCUT2D eigenvalue weighted by Crippen LogP contribution is -2.24. The molecule has 0 saturated carbocycles. The second-order valence-corrected chi connectivity index (χ2v) is 12.4. The number of para-hydroxylation sites is 2. The van der Waals surface area contributed by atoms with E-state index in [1.54, 1.807) is 0 Å². The van der Waals surface area contributed by atoms with Crippen molar-refractivity contribution >= 4 is 16.9 Å². The number of unbranched alkanes of at least 4 members (excludes halogenated alkanes) is 17. The highest BCUT2D eigenvalue weighted by Crippen LogP contribution is 2.20. The molecule has 1 aromatic heterocycles. The molecule has 0 unspecified atom stereocenters. The zero-order valence-corrected chi connectivity index (χ0v) is 27.0. The SMILES string of the molecule is CCCCCCCCCCCCCCCCCCn1c(CCCCCNC(=O)c2cccc(C)c2)nc2ccccc21. The van der Waals surface area contributed by atoms with Crippen LogP contribution in [0.4, 0.5) is 0 Å². The molecular weight excluding hydrogens is 514 g/mol. The van der Waals surface area contributed by atoms with Crippen LogP contribution in [0.15, 0.2) is 48.5 Å². The van der Waals surface area contributed by atoms with Gasteiger partial charge in [-0.25, -0.2) is 4.98 Å². The summed E-state index contributed by atoms with van der Waals surface area (Å²) in [5.74, 6) is 1.25. The van der Waals surface area contributed by atoms with E-state index in [-0.39, 0.29) is 5.91 Å². The molecule has 42 heavy (non-hydrogen) atoms. The molecule has 232 valence electrons. The van der Waals surface area contributed by atoms with Gasteiger partial charge in [0.15, 0.2) is 0 Å². The Balaban J connectivity index is 1.24. The molecule has 2 aromatic carbocycles. The minimum Gasteiger partial charge on any atom is -0.352 e. The Hall–Kier alpha value is -2.62. The molecule has 1 heterocycles. The largest absolute Gasteiger partial charge is 0.352 e. The number of carbonyl (C=O) groups is 1. The first-order valence-electron chi connectivity index (χ1n) is 17.5. The topological polar surface area (TPSA) is 46.9 Å². The Labute approximate surface area is 257 Å². The molecule has 4 nitrogen and oxygen atoms in total. The van der Waals surface area contributed by atoms with Crippen molar-refractivity contribution in [3.05, 3.63) is 65.5 Å². The fourth-order valence-electron chi connectivity index (χ4n) is 6.06. The summed E-state index contributed by atoms with van der Waals surface area (Å²) in [5, 5.41) is 3.07. The lowest BCUT2D eigenvalue weighted by Gasteiger charge is -2.10. The molecule has 1 amide bonds. The number of aromatic nitrogens is 2. The first-order chi connectivity index (χ1) is 20.7. The Morgan fingerprint density at radius 2 is 1.29 bits per heavy atom. The highest BCUT2D eigenvalue weighted by atomic mass is 16.1. The Kier molecular flexibility index (Phi) is 17.0. The van der Waals surface area contributed by atoms with E-state index in [0.717, 1.165) is 55.4 Å². The van der Waals surface area contributed by atoms with Crippen molar-refractivity contribution in [3.8, 4) is 0 Å². The Morgan fingerprint density at radius 1 is 0.690 bits per heavy atom. The maximum Gasteiger partial charge on any atom is 0.251 e. The van der Waals surface area contributed by atoms with Gasteiger partial charge < -0.3 is 9.88 Å². The highest BCUT2D eigenvalue weighted by molar-refractivity contribution is 5.94. The number of imidazole rings is 1. The van der Waals surface area contributed by atoms with E-state index >= 15 is 0 Å². The molecule has 0 atom stereocenters. The second kappa shape index (κ2) is 21.1. The molecule has 0 radical (unpaired) electrons. The highest BCUT2D eigenvalue weighted by Gasteiger charge is 2.10. The van der Waals surface area contributed by atoms with Crippen LogP contribution in [0.25, 0.3) is 11.0 Å². The summed E-state index contributed by atoms with van der Waals surface area (Å²) >= 11 is 0. The van der Waals surface area contributed by atoms with Crippen LogP contribution in [0, 0.1) is 6.92 Å². The average molecular weight is 574 g/mol. The zero-order chi connectivity index (χ0) is 29.7. The molecule has 0 saturated heterocycles. The summed E-state index contributed by atoms with van der Waals surface area (Å²) in [7, 11) is 0. The Morgan fingerprint density at radius 3 is 1.93 bits per heavy atom. The van der Waals surface area contributed by atoms with E-state index < -0.39 is 0 Å². The minimum atomic E-state index is 0.0271. The molecule has 3 rings (SSSR count). The molecule has 0 aliphatic rings. The molecule has 4 heteroatoms. The van der Waals surface area contributed by atoms with Crippen LogP contribution in [0.1, 0.15) is 151 Å². The lowest BCUT2D eigenvalue weighted by molar-refractivity contribution is 0.0953. The number of nitrogens with one attached hydrogen (secondary N) is 1. The zero-order valence-electron chi connectivity index (χ0n) is 27.0. The van der Waals surface area contributed by atoms with E-state index in [2.05, 4.69) is 41.1 Å². The number of nitrogens with zero attached hydrogens (tertiary/aromatic N) is 2. The Bertz CT molecular complexity index is 1130. The van der Waals surface area contributed by atoms with E-state index in [1.807, 2.05) is 31.2 Å². The predicted molar refractivity (Wildman–Crippen MR) is 180 cm³/mol. The van der Waals surface area contributed by atoms with Gasteiger partial charge in [0, 0.05) is 25.1 Å². The van der Waals surface area contributed by atoms with Crippen LogP contribution in [-0.4, -0.2) is 22.0 Å². The van der Waals surface area contributed by atoms with Crippen molar-refractivity contribution in [1.82, 2.24) is 14.9 Å². The van der Waals surface area contributed by atoms with Crippen LogP contribution >= 0.6 is 0 Å². The van der Waals surface area contributed by atoms with E-state index in [0.29, 0.717) is 0 Å². The van der Waals surface area contributed by atoms with E-state index in [9.17, 15) is 4.79 Å². The second-order valence-electron chi connectivity index (χ2n) is 12.4. The maximum absolute atomic E-state index is 12.4. The summed E-state index contributed by atoms with van der Waals surface area (Å²) in [6.07, 6.45) is 26.6. The van der Waals surface area contributed by atoms with Crippen LogP contribution < -0.4 is 5.32 Å². The normalized spacial score (nSPS) is 11.4. The van der Waals surface area contributed by atoms with Crippen LogP contribution in [0.2, 0.25) is 0 Å². The molecule has 0 aliphatic carbocycles. The molecule has 3 aromatic rings. The molecule has 0 aliphatic heterocycles. The quantitative estimate of drug-likeness (QED) is 0.108. The number of benzene rings is 2. The number of amides is 1. The summed E-state index contributed by atoms with van der Waals surface area (Å²) in [6.45, 7) is 6.11. The number of hydrogen-bond acceptors (Lipinski definition) is 2. The van der Waals surface area contributed by atoms with Gasteiger partial charge in [0.1, 0.15) is 5.82 Å². The van der Waals surface area contributed by atoms with Crippen LogP contribution in [0.3, 0.4) is 0 Å². The van der Waals surface area contributed by atoms with Gasteiger partial charge in [-0.15, -0.1) is 0 Å². The number of hydrogen-bond donors (Lipinski definition) is 1. The average Bonchev–Trinajstić information content (AvgIpc) is 3.35. The van der Waals surface area contributed by atoms with Crippen molar-refractivity contribution in [2.45, 2.75) is 149 Å². The number of fused-ring (bicyclic) bond motifs is 1. The van der Waals surface area contributed by atoms with Crippen molar-refractivity contribution in [2.24, 2.45) is 0 Å². The van der Waals surface area contributed by atoms with Gasteiger partial charge in [0.05, 0.1) is 11.0 Å². The van der Waals surface area contributed by atoms with Crippen molar-refractivity contribution in [2.75, 3.05) is 6.54 Å². The number of carbonyl (C=O) groups excluding carboxylic acids is 1. The third-order valence-corrected chi connectivity index (χ3v) is 8.61. The van der Waals surface area contributed by atoms with Crippen molar-refractivity contribution in [3.63, 3.8) is 0 Å². The predicted octanol–water partition coefficient (Wildman–Crippen LogP) is 10.7. The fraction of sp³-hybridized carbons (Fsp3) is 0.632. The van der Waals surface area contributed by atoms with E-state index in [1.165, 1.54) is 114 Å². The third-order valence-electron chi connectivity index (χ3n) is 8.61. The molecule has 0 spiro atoms. The van der Waals surface area contributed by atoms with Gasteiger partial charge in [-0.1, -0.05) is 139 Å².